The summed E-state index contributed by atoms with van der Waals surface area (Å²) >= 11 is 0. The fourth-order valence-electron chi connectivity index (χ4n) is 3.94. The van der Waals surface area contributed by atoms with E-state index < -0.39 is 0 Å². The first-order valence-corrected chi connectivity index (χ1v) is 11.0. The molecule has 0 unspecified atom stereocenters. The Hall–Kier alpha value is -4.53. The topological polar surface area (TPSA) is 117 Å². The van der Waals surface area contributed by atoms with E-state index in [0.29, 0.717) is 42.1 Å². The maximum Gasteiger partial charge on any atom is 0.255 e. The number of anilines is 1. The Morgan fingerprint density at radius 3 is 2.56 bits per heavy atom. The molecule has 3 heterocycles. The van der Waals surface area contributed by atoms with Crippen molar-refractivity contribution in [1.82, 2.24) is 34.6 Å². The van der Waals surface area contributed by atoms with Crippen LogP contribution in [-0.2, 0) is 19.5 Å². The van der Waals surface area contributed by atoms with Crippen LogP contribution in [-0.4, -0.2) is 35.2 Å². The molecule has 170 valence electrons. The minimum atomic E-state index is -0.137. The Kier molecular flexibility index (Phi) is 5.73. The molecule has 9 heteroatoms. The number of hydrogen-bond donors (Lipinski definition) is 2. The van der Waals surface area contributed by atoms with Crippen LogP contribution in [0, 0.1) is 0 Å². The highest BCUT2D eigenvalue weighted by molar-refractivity contribution is 5.95. The molecule has 0 saturated heterocycles. The van der Waals surface area contributed by atoms with Gasteiger partial charge in [0.25, 0.3) is 5.91 Å². The van der Waals surface area contributed by atoms with Crippen LogP contribution in [0.4, 0.5) is 5.82 Å². The summed E-state index contributed by atoms with van der Waals surface area (Å²) in [5.74, 6) is 0.212. The van der Waals surface area contributed by atoms with Gasteiger partial charge < -0.3 is 11.1 Å². The summed E-state index contributed by atoms with van der Waals surface area (Å²) in [6, 6.07) is 17.9. The molecule has 0 saturated carbocycles. The van der Waals surface area contributed by atoms with E-state index in [-0.39, 0.29) is 5.91 Å². The van der Waals surface area contributed by atoms with Crippen molar-refractivity contribution in [2.45, 2.75) is 26.4 Å². The van der Waals surface area contributed by atoms with E-state index in [9.17, 15) is 4.79 Å². The smallest absolute Gasteiger partial charge is 0.255 e. The number of aryl methyl sites for hydroxylation is 1. The molecule has 0 radical (unpaired) electrons. The Bertz CT molecular complexity index is 1440. The first-order chi connectivity index (χ1) is 16.6. The summed E-state index contributed by atoms with van der Waals surface area (Å²) < 4.78 is 3.73. The van der Waals surface area contributed by atoms with E-state index in [1.807, 2.05) is 58.6 Å². The molecule has 34 heavy (non-hydrogen) atoms. The van der Waals surface area contributed by atoms with Crippen molar-refractivity contribution in [1.29, 1.82) is 0 Å². The van der Waals surface area contributed by atoms with Crippen LogP contribution < -0.4 is 11.1 Å². The number of fused-ring (bicyclic) bond motifs is 1. The van der Waals surface area contributed by atoms with Gasteiger partial charge in [-0.15, -0.1) is 0 Å². The number of benzene rings is 2. The maximum atomic E-state index is 13.0. The molecule has 2 aromatic carbocycles. The predicted octanol–water partition coefficient (Wildman–Crippen LogP) is 3.13. The third-order valence-electron chi connectivity index (χ3n) is 5.74. The van der Waals surface area contributed by atoms with E-state index in [1.54, 1.807) is 12.5 Å². The van der Waals surface area contributed by atoms with E-state index in [4.69, 9.17) is 5.73 Å². The first kappa shape index (κ1) is 21.3. The van der Waals surface area contributed by atoms with Gasteiger partial charge in [-0.25, -0.2) is 15.0 Å². The second-order valence-corrected chi connectivity index (χ2v) is 7.88. The number of carbonyl (C=O) groups excluding carboxylic acids is 1. The highest BCUT2D eigenvalue weighted by Crippen LogP contribution is 2.20. The molecule has 5 aromatic rings. The standard InChI is InChI=1S/C25H24N8O/c1-2-33-21(12-17-6-4-3-5-7-17)20(14-31-33)25(34)27-13-18-8-10-19(11-9-18)32-16-30-22-23(26)28-15-29-24(22)32/h3-11,14-16H,2,12-13H2,1H3,(H,27,34)(H2,26,28,29). The Labute approximate surface area is 196 Å². The zero-order chi connectivity index (χ0) is 23.5. The lowest BCUT2D eigenvalue weighted by atomic mass is 10.1. The number of nitrogen functional groups attached to an aromatic ring is 1. The highest BCUT2D eigenvalue weighted by atomic mass is 16.1. The summed E-state index contributed by atoms with van der Waals surface area (Å²) in [7, 11) is 0. The van der Waals surface area contributed by atoms with Crippen LogP contribution in [0.1, 0.15) is 34.1 Å². The van der Waals surface area contributed by atoms with Crippen molar-refractivity contribution < 1.29 is 4.79 Å². The normalized spacial score (nSPS) is 11.1. The Balaban J connectivity index is 1.30. The zero-order valence-corrected chi connectivity index (χ0v) is 18.7. The molecular weight excluding hydrogens is 428 g/mol. The SMILES string of the molecule is CCn1ncc(C(=O)NCc2ccc(-n3cnc4c(N)ncnc43)cc2)c1Cc1ccccc1. The van der Waals surface area contributed by atoms with Gasteiger partial charge in [-0.05, 0) is 30.2 Å². The van der Waals surface area contributed by atoms with Crippen LogP contribution in [0.5, 0.6) is 0 Å². The lowest BCUT2D eigenvalue weighted by molar-refractivity contribution is 0.0950. The number of amides is 1. The van der Waals surface area contributed by atoms with E-state index in [0.717, 1.165) is 22.5 Å². The third-order valence-corrected chi connectivity index (χ3v) is 5.74. The summed E-state index contributed by atoms with van der Waals surface area (Å²) in [4.78, 5) is 25.6. The molecule has 0 fully saturated rings. The van der Waals surface area contributed by atoms with Gasteiger partial charge >= 0.3 is 0 Å². The molecule has 5 rings (SSSR count). The van der Waals surface area contributed by atoms with Crippen molar-refractivity contribution in [3.63, 3.8) is 0 Å². The molecule has 9 nitrogen and oxygen atoms in total. The third kappa shape index (κ3) is 4.11. The van der Waals surface area contributed by atoms with Gasteiger partial charge in [0.1, 0.15) is 12.7 Å². The average Bonchev–Trinajstić information content (AvgIpc) is 3.49. The van der Waals surface area contributed by atoms with Crippen LogP contribution >= 0.6 is 0 Å². The second-order valence-electron chi connectivity index (χ2n) is 7.88. The number of carbonyl (C=O) groups is 1. The van der Waals surface area contributed by atoms with E-state index >= 15 is 0 Å². The quantitative estimate of drug-likeness (QED) is 0.392. The molecular formula is C25H24N8O. The van der Waals surface area contributed by atoms with Gasteiger partial charge in [0.2, 0.25) is 0 Å². The Morgan fingerprint density at radius 2 is 1.79 bits per heavy atom. The summed E-state index contributed by atoms with van der Waals surface area (Å²) in [5.41, 5.74) is 11.6. The van der Waals surface area contributed by atoms with Gasteiger partial charge in [-0.3, -0.25) is 14.0 Å². The van der Waals surface area contributed by atoms with Crippen LogP contribution in [0.15, 0.2) is 73.4 Å². The monoisotopic (exact) mass is 452 g/mol. The van der Waals surface area contributed by atoms with Crippen molar-refractivity contribution in [3.05, 3.63) is 95.8 Å². The van der Waals surface area contributed by atoms with Gasteiger partial charge in [-0.1, -0.05) is 42.5 Å². The van der Waals surface area contributed by atoms with Gasteiger partial charge in [0.05, 0.1) is 17.5 Å². The summed E-state index contributed by atoms with van der Waals surface area (Å²) in [6.45, 7) is 3.13. The summed E-state index contributed by atoms with van der Waals surface area (Å²) in [6.07, 6.45) is 5.40. The molecule has 0 aliphatic rings. The highest BCUT2D eigenvalue weighted by Gasteiger charge is 2.17. The zero-order valence-electron chi connectivity index (χ0n) is 18.7. The molecule has 3 N–H and O–H groups in total. The van der Waals surface area contributed by atoms with Crippen LogP contribution in [0.2, 0.25) is 0 Å². The number of nitrogens with one attached hydrogen (secondary N) is 1. The lowest BCUT2D eigenvalue weighted by Gasteiger charge is -2.10. The number of rotatable bonds is 7. The van der Waals surface area contributed by atoms with Gasteiger partial charge in [-0.2, -0.15) is 5.10 Å². The molecule has 3 aromatic heterocycles. The number of nitrogens with zero attached hydrogens (tertiary/aromatic N) is 6. The van der Waals surface area contributed by atoms with E-state index in [1.165, 1.54) is 6.33 Å². The second kappa shape index (κ2) is 9.14. The number of nitrogens with two attached hydrogens (primary N) is 1. The van der Waals surface area contributed by atoms with Gasteiger partial charge in [0.15, 0.2) is 17.0 Å². The lowest BCUT2D eigenvalue weighted by Crippen LogP contribution is -2.24. The number of imidazole rings is 1. The number of aromatic nitrogens is 6. The van der Waals surface area contributed by atoms with Crippen molar-refractivity contribution in [2.24, 2.45) is 0 Å². The fourth-order valence-corrected chi connectivity index (χ4v) is 3.94. The van der Waals surface area contributed by atoms with Crippen LogP contribution in [0.3, 0.4) is 0 Å². The van der Waals surface area contributed by atoms with Crippen molar-refractivity contribution in [2.75, 3.05) is 5.73 Å². The number of hydrogen-bond acceptors (Lipinski definition) is 6. The Morgan fingerprint density at radius 1 is 1.00 bits per heavy atom. The van der Waals surface area contributed by atoms with E-state index in [2.05, 4.69) is 37.5 Å². The minimum absolute atomic E-state index is 0.137. The van der Waals surface area contributed by atoms with Crippen LogP contribution in [0.25, 0.3) is 16.9 Å². The average molecular weight is 453 g/mol. The molecule has 1 amide bonds. The molecule has 0 atom stereocenters. The fraction of sp³-hybridized carbons (Fsp3) is 0.160. The molecule has 0 aliphatic carbocycles. The van der Waals surface area contributed by atoms with Crippen molar-refractivity contribution in [3.8, 4) is 5.69 Å². The largest absolute Gasteiger partial charge is 0.382 e. The molecule has 0 bridgehead atoms. The predicted molar refractivity (Wildman–Crippen MR) is 129 cm³/mol. The first-order valence-electron chi connectivity index (χ1n) is 11.0. The summed E-state index contributed by atoms with van der Waals surface area (Å²) in [5, 5.41) is 7.43. The van der Waals surface area contributed by atoms with Crippen molar-refractivity contribution >= 4 is 22.9 Å². The molecule has 0 spiro atoms. The maximum absolute atomic E-state index is 13.0. The molecule has 0 aliphatic heterocycles. The van der Waals surface area contributed by atoms with Gasteiger partial charge in [0, 0.05) is 25.2 Å². The minimum Gasteiger partial charge on any atom is -0.382 e.